The van der Waals surface area contributed by atoms with Crippen molar-refractivity contribution in [2.45, 2.75) is 69.5 Å². The van der Waals surface area contributed by atoms with Crippen LogP contribution in [0.1, 0.15) is 46.2 Å². The van der Waals surface area contributed by atoms with Gasteiger partial charge >= 0.3 is 0 Å². The lowest BCUT2D eigenvalue weighted by atomic mass is 9.79. The van der Waals surface area contributed by atoms with Gasteiger partial charge in [-0.2, -0.15) is 5.10 Å². The van der Waals surface area contributed by atoms with Crippen LogP contribution in [0.2, 0.25) is 10.0 Å². The second-order valence-electron chi connectivity index (χ2n) is 11.6. The van der Waals surface area contributed by atoms with Crippen molar-refractivity contribution in [1.82, 2.24) is 20.1 Å². The van der Waals surface area contributed by atoms with Crippen molar-refractivity contribution < 1.29 is 13.2 Å². The number of nitrogens with one attached hydrogen (secondary N) is 2. The molecule has 1 saturated heterocycles. The summed E-state index contributed by atoms with van der Waals surface area (Å²) < 4.78 is 35.0. The molecule has 5 rings (SSSR count). The number of sulfonamides is 1. The number of piperidine rings is 1. The number of pyridine rings is 1. The molecule has 0 radical (unpaired) electrons. The number of fused-ring (bicyclic) bond motifs is 1. The summed E-state index contributed by atoms with van der Waals surface area (Å²) in [6, 6.07) is 13.2. The molecule has 1 aliphatic rings. The third-order valence-corrected chi connectivity index (χ3v) is 9.95. The van der Waals surface area contributed by atoms with Crippen molar-refractivity contribution >= 4 is 49.8 Å². The number of aromatic amines is 1. The highest BCUT2D eigenvalue weighted by atomic mass is 35.5. The van der Waals surface area contributed by atoms with Gasteiger partial charge in [-0.1, -0.05) is 35.3 Å². The van der Waals surface area contributed by atoms with E-state index in [1.807, 2.05) is 13.0 Å². The highest BCUT2D eigenvalue weighted by Gasteiger charge is 2.44. The van der Waals surface area contributed by atoms with Gasteiger partial charge in [-0.05, 0) is 78.1 Å². The van der Waals surface area contributed by atoms with Crippen LogP contribution in [0.5, 0.6) is 5.88 Å². The number of rotatable bonds is 6. The maximum Gasteiger partial charge on any atom is 0.263 e. The van der Waals surface area contributed by atoms with Crippen molar-refractivity contribution in [2.75, 3.05) is 11.8 Å². The van der Waals surface area contributed by atoms with Gasteiger partial charge in [-0.25, -0.2) is 13.4 Å². The van der Waals surface area contributed by atoms with Crippen molar-refractivity contribution in [3.63, 3.8) is 0 Å². The number of aromatic nitrogens is 3. The standard InChI is InChI=1S/C29H33Cl2N5O3S/c1-17-26-24(34-33-17)14-23(32-27(26)39-21-15-28(2,3)36(6)29(4,5)16-21)18-7-10-20(11-8-18)35-40(37,38)25-13-19(30)9-12-22(25)31/h7-14,21,35H,15-16H2,1-6H3,(H,33,34). The summed E-state index contributed by atoms with van der Waals surface area (Å²) in [5.41, 5.74) is 3.42. The van der Waals surface area contributed by atoms with Crippen LogP contribution in [0.25, 0.3) is 22.2 Å². The number of nitrogens with zero attached hydrogens (tertiary/aromatic N) is 3. The zero-order valence-corrected chi connectivity index (χ0v) is 25.7. The maximum atomic E-state index is 12.9. The summed E-state index contributed by atoms with van der Waals surface area (Å²) in [6.07, 6.45) is 1.71. The van der Waals surface area contributed by atoms with Crippen LogP contribution in [-0.4, -0.2) is 52.7 Å². The van der Waals surface area contributed by atoms with Gasteiger partial charge in [0.15, 0.2) is 0 Å². The van der Waals surface area contributed by atoms with Crippen LogP contribution in [0, 0.1) is 6.92 Å². The Morgan fingerprint density at radius 3 is 2.33 bits per heavy atom. The minimum atomic E-state index is -3.94. The van der Waals surface area contributed by atoms with Crippen molar-refractivity contribution in [3.8, 4) is 17.1 Å². The molecule has 2 N–H and O–H groups in total. The molecule has 0 atom stereocenters. The van der Waals surface area contributed by atoms with Gasteiger partial charge in [0.05, 0.1) is 21.6 Å². The summed E-state index contributed by atoms with van der Waals surface area (Å²) in [5, 5.41) is 8.76. The van der Waals surface area contributed by atoms with E-state index in [0.29, 0.717) is 17.3 Å². The number of hydrogen-bond donors (Lipinski definition) is 2. The van der Waals surface area contributed by atoms with E-state index in [-0.39, 0.29) is 32.1 Å². The minimum Gasteiger partial charge on any atom is -0.474 e. The Bertz CT molecular complexity index is 1670. The molecule has 0 aliphatic carbocycles. The second-order valence-corrected chi connectivity index (χ2v) is 14.1. The molecule has 0 saturated carbocycles. The molecule has 212 valence electrons. The molecule has 1 fully saturated rings. The van der Waals surface area contributed by atoms with Crippen molar-refractivity contribution in [2.24, 2.45) is 0 Å². The summed E-state index contributed by atoms with van der Waals surface area (Å²) in [6.45, 7) is 10.9. The first-order valence-corrected chi connectivity index (χ1v) is 15.2. The topological polar surface area (TPSA) is 100 Å². The third kappa shape index (κ3) is 5.52. The lowest BCUT2D eigenvalue weighted by Crippen LogP contribution is -2.60. The molecular formula is C29H33Cl2N5O3S. The van der Waals surface area contributed by atoms with E-state index >= 15 is 0 Å². The number of hydrogen-bond acceptors (Lipinski definition) is 6. The van der Waals surface area contributed by atoms with Crippen LogP contribution in [-0.2, 0) is 10.0 Å². The molecule has 0 spiro atoms. The average molecular weight is 603 g/mol. The molecule has 0 unspecified atom stereocenters. The molecule has 0 bridgehead atoms. The predicted octanol–water partition coefficient (Wildman–Crippen LogP) is 7.07. The second kappa shape index (κ2) is 10.2. The normalized spacial score (nSPS) is 17.7. The molecule has 0 amide bonds. The molecule has 4 aromatic rings. The van der Waals surface area contributed by atoms with E-state index in [2.05, 4.69) is 54.6 Å². The van der Waals surface area contributed by atoms with Crippen LogP contribution in [0.3, 0.4) is 0 Å². The third-order valence-electron chi connectivity index (χ3n) is 7.85. The first-order valence-electron chi connectivity index (χ1n) is 13.0. The van der Waals surface area contributed by atoms with Gasteiger partial charge in [0.2, 0.25) is 5.88 Å². The Balaban J connectivity index is 1.44. The summed E-state index contributed by atoms with van der Waals surface area (Å²) in [5.74, 6) is 0.542. The maximum absolute atomic E-state index is 12.9. The van der Waals surface area contributed by atoms with Crippen LogP contribution in [0.15, 0.2) is 53.4 Å². The first kappa shape index (κ1) is 28.7. The summed E-state index contributed by atoms with van der Waals surface area (Å²) >= 11 is 12.1. The SMILES string of the molecule is Cc1[nH]nc2cc(-c3ccc(NS(=O)(=O)c4cc(Cl)ccc4Cl)cc3)nc(OC3CC(C)(C)N(C)C(C)(C)C3)c12. The Labute approximate surface area is 245 Å². The average Bonchev–Trinajstić information content (AvgIpc) is 3.24. The first-order chi connectivity index (χ1) is 18.7. The van der Waals surface area contributed by atoms with Crippen LogP contribution >= 0.6 is 23.2 Å². The smallest absolute Gasteiger partial charge is 0.263 e. The number of anilines is 1. The number of halogens is 2. The number of H-pyrrole nitrogens is 1. The summed E-state index contributed by atoms with van der Waals surface area (Å²) in [7, 11) is -1.77. The largest absolute Gasteiger partial charge is 0.474 e. The molecule has 1 aliphatic heterocycles. The zero-order valence-electron chi connectivity index (χ0n) is 23.3. The van der Waals surface area contributed by atoms with Crippen LogP contribution < -0.4 is 9.46 Å². The van der Waals surface area contributed by atoms with E-state index in [1.165, 1.54) is 18.2 Å². The van der Waals surface area contributed by atoms with Gasteiger partial charge < -0.3 is 4.74 Å². The van der Waals surface area contributed by atoms with E-state index in [9.17, 15) is 8.42 Å². The molecule has 3 heterocycles. The Kier molecular flexibility index (Phi) is 7.32. The molecule has 40 heavy (non-hydrogen) atoms. The molecule has 2 aromatic carbocycles. The predicted molar refractivity (Wildman–Crippen MR) is 161 cm³/mol. The fraction of sp³-hybridized carbons (Fsp3) is 0.379. The van der Waals surface area contributed by atoms with Gasteiger partial charge in [-0.3, -0.25) is 14.7 Å². The van der Waals surface area contributed by atoms with E-state index in [1.54, 1.807) is 24.3 Å². The quantitative estimate of drug-likeness (QED) is 0.245. The Morgan fingerprint density at radius 2 is 1.68 bits per heavy atom. The van der Waals surface area contributed by atoms with Gasteiger partial charge in [0, 0.05) is 45.9 Å². The molecule has 8 nitrogen and oxygen atoms in total. The van der Waals surface area contributed by atoms with Gasteiger partial charge in [-0.15, -0.1) is 0 Å². The Hall–Kier alpha value is -2.85. The number of ether oxygens (including phenoxy) is 1. The van der Waals surface area contributed by atoms with E-state index < -0.39 is 10.0 Å². The van der Waals surface area contributed by atoms with Gasteiger partial charge in [0.25, 0.3) is 10.0 Å². The monoisotopic (exact) mass is 601 g/mol. The van der Waals surface area contributed by atoms with Crippen molar-refractivity contribution in [3.05, 3.63) is 64.3 Å². The fourth-order valence-corrected chi connectivity index (χ4v) is 7.33. The lowest BCUT2D eigenvalue weighted by molar-refractivity contribution is -0.0562. The molecule has 11 heteroatoms. The molecular weight excluding hydrogens is 569 g/mol. The van der Waals surface area contributed by atoms with E-state index in [0.717, 1.165) is 35.0 Å². The highest BCUT2D eigenvalue weighted by molar-refractivity contribution is 7.92. The number of aryl methyl sites for hydroxylation is 1. The number of benzene rings is 2. The highest BCUT2D eigenvalue weighted by Crippen LogP contribution is 2.40. The Morgan fingerprint density at radius 1 is 1.02 bits per heavy atom. The minimum absolute atomic E-state index is 0.0171. The van der Waals surface area contributed by atoms with E-state index in [4.69, 9.17) is 32.9 Å². The lowest BCUT2D eigenvalue weighted by Gasteiger charge is -2.53. The fourth-order valence-electron chi connectivity index (χ4n) is 5.51. The molecule has 2 aromatic heterocycles. The van der Waals surface area contributed by atoms with Crippen molar-refractivity contribution in [1.29, 1.82) is 0 Å². The number of likely N-dealkylation sites (tertiary alicyclic amines) is 1. The van der Waals surface area contributed by atoms with Gasteiger partial charge in [0.1, 0.15) is 11.0 Å². The summed E-state index contributed by atoms with van der Waals surface area (Å²) in [4.78, 5) is 7.25. The van der Waals surface area contributed by atoms with Crippen LogP contribution in [0.4, 0.5) is 5.69 Å². The zero-order chi connectivity index (χ0) is 29.0.